The Kier molecular flexibility index (Phi) is 4.63. The van der Waals surface area contributed by atoms with Gasteiger partial charge in [-0.2, -0.15) is 0 Å². The fourth-order valence-corrected chi connectivity index (χ4v) is 3.87. The molecule has 3 heterocycles. The molecule has 22 heavy (non-hydrogen) atoms. The van der Waals surface area contributed by atoms with E-state index in [1.807, 2.05) is 12.3 Å². The van der Waals surface area contributed by atoms with Crippen LogP contribution in [0.25, 0.3) is 10.2 Å². The summed E-state index contributed by atoms with van der Waals surface area (Å²) in [7, 11) is 0. The van der Waals surface area contributed by atoms with Gasteiger partial charge in [-0.15, -0.1) is 17.9 Å². The van der Waals surface area contributed by atoms with Crippen LogP contribution in [0.4, 0.5) is 5.82 Å². The minimum absolute atomic E-state index is 0.0824. The van der Waals surface area contributed by atoms with Gasteiger partial charge in [0.2, 0.25) is 0 Å². The van der Waals surface area contributed by atoms with E-state index < -0.39 is 0 Å². The number of hydrogen-bond acceptors (Lipinski definition) is 6. The van der Waals surface area contributed by atoms with Crippen molar-refractivity contribution in [3.8, 4) is 0 Å². The van der Waals surface area contributed by atoms with Crippen molar-refractivity contribution in [2.24, 2.45) is 0 Å². The van der Waals surface area contributed by atoms with Gasteiger partial charge >= 0.3 is 0 Å². The van der Waals surface area contributed by atoms with Crippen LogP contribution < -0.4 is 10.2 Å². The Morgan fingerprint density at radius 2 is 2.27 bits per heavy atom. The van der Waals surface area contributed by atoms with Gasteiger partial charge in [0.1, 0.15) is 10.6 Å². The van der Waals surface area contributed by atoms with Crippen LogP contribution in [0.5, 0.6) is 0 Å². The van der Waals surface area contributed by atoms with Crippen molar-refractivity contribution in [1.82, 2.24) is 15.3 Å². The molecule has 5 nitrogen and oxygen atoms in total. The fraction of sp³-hybridized carbons (Fsp3) is 0.400. The maximum absolute atomic E-state index is 12.1. The highest BCUT2D eigenvalue weighted by atomic mass is 32.2. The number of carbonyl (C=O) groups excluding carboxylic acids is 1. The van der Waals surface area contributed by atoms with E-state index >= 15 is 0 Å². The zero-order valence-corrected chi connectivity index (χ0v) is 14.1. The lowest BCUT2D eigenvalue weighted by atomic mass is 10.3. The van der Waals surface area contributed by atoms with E-state index in [2.05, 4.69) is 26.8 Å². The van der Waals surface area contributed by atoms with E-state index in [9.17, 15) is 4.79 Å². The number of nitrogens with one attached hydrogen (secondary N) is 1. The molecule has 0 unspecified atom stereocenters. The van der Waals surface area contributed by atoms with Gasteiger partial charge in [0.25, 0.3) is 5.91 Å². The molecule has 7 heteroatoms. The highest BCUT2D eigenvalue weighted by Gasteiger charge is 2.21. The van der Waals surface area contributed by atoms with Crippen LogP contribution in [0, 0.1) is 0 Å². The number of thioether (sulfide) groups is 1. The van der Waals surface area contributed by atoms with E-state index in [1.165, 1.54) is 35.9 Å². The number of aromatic nitrogens is 2. The van der Waals surface area contributed by atoms with Gasteiger partial charge in [0.05, 0.1) is 10.3 Å². The minimum Gasteiger partial charge on any atom is -0.356 e. The normalized spacial score (nSPS) is 14.5. The number of hydrogen-bond donors (Lipinski definition) is 1. The molecule has 1 aliphatic heterocycles. The number of anilines is 1. The molecular formula is C15H18N4OS2. The summed E-state index contributed by atoms with van der Waals surface area (Å²) in [6.07, 6.45) is 6.03. The summed E-state index contributed by atoms with van der Waals surface area (Å²) in [4.78, 5) is 25.2. The quantitative estimate of drug-likeness (QED) is 0.517. The number of thiophene rings is 1. The van der Waals surface area contributed by atoms with Crippen molar-refractivity contribution in [2.75, 3.05) is 30.8 Å². The molecule has 0 radical (unpaired) electrons. The van der Waals surface area contributed by atoms with Crippen molar-refractivity contribution in [3.05, 3.63) is 23.6 Å². The number of amides is 1. The lowest BCUT2D eigenvalue weighted by molar-refractivity contribution is 0.0962. The average Bonchev–Trinajstić information content (AvgIpc) is 3.20. The molecule has 2 aromatic heterocycles. The Morgan fingerprint density at radius 1 is 1.50 bits per heavy atom. The highest BCUT2D eigenvalue weighted by Crippen LogP contribution is 2.34. The summed E-state index contributed by atoms with van der Waals surface area (Å²) < 4.78 is 0. The Hall–Kier alpha value is -1.60. The first-order valence-corrected chi connectivity index (χ1v) is 9.26. The van der Waals surface area contributed by atoms with E-state index in [0.29, 0.717) is 11.4 Å². The molecule has 1 N–H and O–H groups in total. The minimum atomic E-state index is -0.0824. The summed E-state index contributed by atoms with van der Waals surface area (Å²) in [6.45, 7) is 6.12. The first kappa shape index (κ1) is 15.3. The van der Waals surface area contributed by atoms with Gasteiger partial charge in [0.15, 0.2) is 5.16 Å². The van der Waals surface area contributed by atoms with E-state index in [0.717, 1.165) is 34.3 Å². The molecule has 0 saturated carbocycles. The molecule has 0 spiro atoms. The summed E-state index contributed by atoms with van der Waals surface area (Å²) in [5, 5.41) is 4.55. The zero-order valence-electron chi connectivity index (χ0n) is 12.5. The summed E-state index contributed by atoms with van der Waals surface area (Å²) >= 11 is 2.95. The number of carbonyl (C=O) groups is 1. The van der Waals surface area contributed by atoms with E-state index in [-0.39, 0.29) is 5.91 Å². The molecule has 2 aromatic rings. The van der Waals surface area contributed by atoms with Crippen LogP contribution in [0.2, 0.25) is 0 Å². The van der Waals surface area contributed by atoms with Crippen molar-refractivity contribution in [2.45, 2.75) is 18.0 Å². The lowest BCUT2D eigenvalue weighted by Gasteiger charge is -2.17. The van der Waals surface area contributed by atoms with Crippen LogP contribution >= 0.6 is 23.1 Å². The van der Waals surface area contributed by atoms with Gasteiger partial charge in [-0.1, -0.05) is 17.8 Å². The lowest BCUT2D eigenvalue weighted by Crippen LogP contribution is -2.22. The number of nitrogens with zero attached hydrogens (tertiary/aromatic N) is 3. The average molecular weight is 334 g/mol. The Bertz CT molecular complexity index is 707. The second-order valence-corrected chi connectivity index (χ2v) is 6.86. The molecule has 1 aliphatic rings. The van der Waals surface area contributed by atoms with Crippen LogP contribution in [0.15, 0.2) is 23.9 Å². The van der Waals surface area contributed by atoms with Crippen LogP contribution in [0.3, 0.4) is 0 Å². The third kappa shape index (κ3) is 2.96. The largest absolute Gasteiger partial charge is 0.356 e. The Labute approximate surface area is 137 Å². The van der Waals surface area contributed by atoms with Crippen LogP contribution in [0.1, 0.15) is 22.5 Å². The standard InChI is InChI=1S/C15H18N4OS2/c1-3-6-16-13(20)11-9-10-12(19-7-4-5-8-19)17-15(21-2)18-14(10)22-11/h3,9H,1,4-8H2,2H3,(H,16,20). The molecule has 0 aromatic carbocycles. The van der Waals surface area contributed by atoms with Crippen LogP contribution in [-0.2, 0) is 0 Å². The number of rotatable bonds is 5. The molecule has 116 valence electrons. The third-order valence-corrected chi connectivity index (χ3v) is 5.15. The van der Waals surface area contributed by atoms with Crippen LogP contribution in [-0.4, -0.2) is 41.8 Å². The molecular weight excluding hydrogens is 316 g/mol. The summed E-state index contributed by atoms with van der Waals surface area (Å²) in [6, 6.07) is 1.91. The maximum atomic E-state index is 12.1. The second-order valence-electron chi connectivity index (χ2n) is 5.06. The molecule has 1 saturated heterocycles. The monoisotopic (exact) mass is 334 g/mol. The predicted molar refractivity (Wildman–Crippen MR) is 93.2 cm³/mol. The van der Waals surface area contributed by atoms with E-state index in [4.69, 9.17) is 0 Å². The smallest absolute Gasteiger partial charge is 0.261 e. The maximum Gasteiger partial charge on any atom is 0.261 e. The first-order valence-electron chi connectivity index (χ1n) is 7.22. The van der Waals surface area contributed by atoms with Gasteiger partial charge in [-0.05, 0) is 25.2 Å². The summed E-state index contributed by atoms with van der Waals surface area (Å²) in [5.41, 5.74) is 0. The summed E-state index contributed by atoms with van der Waals surface area (Å²) in [5.74, 6) is 0.881. The molecule has 1 amide bonds. The molecule has 1 fully saturated rings. The van der Waals surface area contributed by atoms with Gasteiger partial charge < -0.3 is 10.2 Å². The Balaban J connectivity index is 2.03. The van der Waals surface area contributed by atoms with Crippen molar-refractivity contribution < 1.29 is 4.79 Å². The molecule has 3 rings (SSSR count). The fourth-order valence-electron chi connectivity index (χ4n) is 2.51. The molecule has 0 bridgehead atoms. The van der Waals surface area contributed by atoms with Crippen molar-refractivity contribution >= 4 is 45.0 Å². The molecule has 0 aliphatic carbocycles. The molecule has 0 atom stereocenters. The van der Waals surface area contributed by atoms with E-state index in [1.54, 1.807) is 6.08 Å². The second kappa shape index (κ2) is 6.66. The highest BCUT2D eigenvalue weighted by molar-refractivity contribution is 7.98. The predicted octanol–water partition coefficient (Wildman–Crippen LogP) is 2.93. The Morgan fingerprint density at radius 3 is 2.95 bits per heavy atom. The van der Waals surface area contributed by atoms with Crippen molar-refractivity contribution in [3.63, 3.8) is 0 Å². The van der Waals surface area contributed by atoms with Gasteiger partial charge in [-0.25, -0.2) is 9.97 Å². The van der Waals surface area contributed by atoms with Crippen molar-refractivity contribution in [1.29, 1.82) is 0 Å². The first-order chi connectivity index (χ1) is 10.7. The van der Waals surface area contributed by atoms with Gasteiger partial charge in [-0.3, -0.25) is 4.79 Å². The zero-order chi connectivity index (χ0) is 15.5. The third-order valence-electron chi connectivity index (χ3n) is 3.57. The number of fused-ring (bicyclic) bond motifs is 1. The van der Waals surface area contributed by atoms with Gasteiger partial charge in [0, 0.05) is 19.6 Å². The topological polar surface area (TPSA) is 58.1 Å². The SMILES string of the molecule is C=CCNC(=O)c1cc2c(N3CCCC3)nc(SC)nc2s1.